The van der Waals surface area contributed by atoms with Crippen LogP contribution in [0.2, 0.25) is 0 Å². The van der Waals surface area contributed by atoms with Gasteiger partial charge in [0.25, 0.3) is 0 Å². The van der Waals surface area contributed by atoms with Gasteiger partial charge >= 0.3 is 5.97 Å². The molecule has 1 heterocycles. The Labute approximate surface area is 126 Å². The SMILES string of the molecule is COC(=O)C1(c2cc(Br)ccn2)Cc2ccccc2C1. The third-order valence-corrected chi connectivity index (χ3v) is 4.38. The van der Waals surface area contributed by atoms with E-state index in [-0.39, 0.29) is 5.97 Å². The molecule has 2 aromatic rings. The minimum Gasteiger partial charge on any atom is -0.468 e. The molecule has 102 valence electrons. The van der Waals surface area contributed by atoms with Crippen LogP contribution in [0.25, 0.3) is 0 Å². The molecule has 0 N–H and O–H groups in total. The molecule has 1 aromatic carbocycles. The number of pyridine rings is 1. The zero-order valence-corrected chi connectivity index (χ0v) is 12.7. The van der Waals surface area contributed by atoms with Crippen LogP contribution >= 0.6 is 15.9 Å². The molecule has 0 aliphatic heterocycles. The van der Waals surface area contributed by atoms with Gasteiger partial charge < -0.3 is 4.74 Å². The summed E-state index contributed by atoms with van der Waals surface area (Å²) in [5, 5.41) is 0. The number of methoxy groups -OCH3 is 1. The summed E-state index contributed by atoms with van der Waals surface area (Å²) >= 11 is 3.45. The van der Waals surface area contributed by atoms with Crippen molar-refractivity contribution in [2.45, 2.75) is 18.3 Å². The van der Waals surface area contributed by atoms with Crippen LogP contribution in [0.1, 0.15) is 16.8 Å². The smallest absolute Gasteiger partial charge is 0.318 e. The molecule has 3 rings (SSSR count). The molecule has 20 heavy (non-hydrogen) atoms. The molecule has 1 aliphatic rings. The van der Waals surface area contributed by atoms with Crippen molar-refractivity contribution in [3.05, 3.63) is 63.9 Å². The van der Waals surface area contributed by atoms with Gasteiger partial charge in [0.05, 0.1) is 12.8 Å². The average molecular weight is 332 g/mol. The molecule has 0 saturated carbocycles. The van der Waals surface area contributed by atoms with E-state index in [1.54, 1.807) is 6.20 Å². The van der Waals surface area contributed by atoms with Crippen LogP contribution < -0.4 is 0 Å². The predicted molar refractivity (Wildman–Crippen MR) is 79.5 cm³/mol. The Bertz CT molecular complexity index is 644. The van der Waals surface area contributed by atoms with E-state index < -0.39 is 5.41 Å². The third kappa shape index (κ3) is 2.04. The number of rotatable bonds is 2. The molecule has 1 aliphatic carbocycles. The van der Waals surface area contributed by atoms with E-state index in [9.17, 15) is 4.79 Å². The van der Waals surface area contributed by atoms with Gasteiger partial charge in [0.15, 0.2) is 0 Å². The fourth-order valence-corrected chi connectivity index (χ4v) is 3.24. The van der Waals surface area contributed by atoms with E-state index in [0.717, 1.165) is 10.2 Å². The van der Waals surface area contributed by atoms with Gasteiger partial charge in [0, 0.05) is 10.7 Å². The lowest BCUT2D eigenvalue weighted by molar-refractivity contribution is -0.147. The highest BCUT2D eigenvalue weighted by atomic mass is 79.9. The highest BCUT2D eigenvalue weighted by Crippen LogP contribution is 2.40. The van der Waals surface area contributed by atoms with E-state index in [2.05, 4.69) is 33.0 Å². The number of nitrogens with zero attached hydrogens (tertiary/aromatic N) is 1. The molecular weight excluding hydrogens is 318 g/mol. The fraction of sp³-hybridized carbons (Fsp3) is 0.250. The topological polar surface area (TPSA) is 39.2 Å². The van der Waals surface area contributed by atoms with Crippen molar-refractivity contribution in [2.24, 2.45) is 0 Å². The van der Waals surface area contributed by atoms with Crippen molar-refractivity contribution in [3.63, 3.8) is 0 Å². The van der Waals surface area contributed by atoms with E-state index in [1.807, 2.05) is 24.3 Å². The minimum atomic E-state index is -0.706. The highest BCUT2D eigenvalue weighted by molar-refractivity contribution is 9.10. The van der Waals surface area contributed by atoms with Gasteiger partial charge in [-0.05, 0) is 36.1 Å². The lowest BCUT2D eigenvalue weighted by Gasteiger charge is -2.25. The summed E-state index contributed by atoms with van der Waals surface area (Å²) in [6, 6.07) is 11.9. The van der Waals surface area contributed by atoms with Crippen molar-refractivity contribution >= 4 is 21.9 Å². The molecule has 0 radical (unpaired) electrons. The van der Waals surface area contributed by atoms with Gasteiger partial charge in [-0.25, -0.2) is 0 Å². The monoisotopic (exact) mass is 331 g/mol. The normalized spacial score (nSPS) is 15.7. The predicted octanol–water partition coefficient (Wildman–Crippen LogP) is 3.05. The second-order valence-corrected chi connectivity index (χ2v) is 5.97. The van der Waals surface area contributed by atoms with Crippen LogP contribution in [0.3, 0.4) is 0 Å². The lowest BCUT2D eigenvalue weighted by atomic mass is 9.81. The summed E-state index contributed by atoms with van der Waals surface area (Å²) in [6.07, 6.45) is 2.99. The van der Waals surface area contributed by atoms with Gasteiger partial charge in [-0.3, -0.25) is 9.78 Å². The van der Waals surface area contributed by atoms with Crippen LogP contribution in [0, 0.1) is 0 Å². The first-order valence-corrected chi connectivity index (χ1v) is 7.22. The number of esters is 1. The number of hydrogen-bond donors (Lipinski definition) is 0. The van der Waals surface area contributed by atoms with E-state index >= 15 is 0 Å². The van der Waals surface area contributed by atoms with Gasteiger partial charge in [0.2, 0.25) is 0 Å². The van der Waals surface area contributed by atoms with E-state index in [4.69, 9.17) is 4.74 Å². The van der Waals surface area contributed by atoms with E-state index in [1.165, 1.54) is 18.2 Å². The van der Waals surface area contributed by atoms with Gasteiger partial charge in [-0.1, -0.05) is 40.2 Å². The van der Waals surface area contributed by atoms with Gasteiger partial charge in [-0.15, -0.1) is 0 Å². The Kier molecular flexibility index (Phi) is 3.34. The van der Waals surface area contributed by atoms with Gasteiger partial charge in [-0.2, -0.15) is 0 Å². The molecule has 0 bridgehead atoms. The number of carbonyl (C=O) groups is 1. The van der Waals surface area contributed by atoms with Crippen molar-refractivity contribution in [1.29, 1.82) is 0 Å². The number of halogens is 1. The Morgan fingerprint density at radius 2 is 1.90 bits per heavy atom. The molecule has 3 nitrogen and oxygen atoms in total. The van der Waals surface area contributed by atoms with Crippen molar-refractivity contribution in [2.75, 3.05) is 7.11 Å². The molecule has 4 heteroatoms. The van der Waals surface area contributed by atoms with Crippen LogP contribution in [0.4, 0.5) is 0 Å². The Morgan fingerprint density at radius 1 is 1.25 bits per heavy atom. The molecule has 0 spiro atoms. The first-order chi connectivity index (χ1) is 9.65. The summed E-state index contributed by atoms with van der Waals surface area (Å²) in [5.41, 5.74) is 2.44. The first-order valence-electron chi connectivity index (χ1n) is 6.43. The summed E-state index contributed by atoms with van der Waals surface area (Å²) in [7, 11) is 1.44. The number of carbonyl (C=O) groups excluding carboxylic acids is 1. The van der Waals surface area contributed by atoms with Crippen molar-refractivity contribution < 1.29 is 9.53 Å². The Hall–Kier alpha value is -1.68. The fourth-order valence-electron chi connectivity index (χ4n) is 2.91. The van der Waals surface area contributed by atoms with Crippen LogP contribution in [-0.4, -0.2) is 18.1 Å². The maximum absolute atomic E-state index is 12.4. The lowest BCUT2D eigenvalue weighted by Crippen LogP contribution is -2.38. The standard InChI is InChI=1S/C16H14BrNO2/c1-20-15(19)16(14-8-13(17)6-7-18-14)9-11-4-2-3-5-12(11)10-16/h2-8H,9-10H2,1H3. The molecule has 0 amide bonds. The summed E-state index contributed by atoms with van der Waals surface area (Å²) < 4.78 is 5.99. The average Bonchev–Trinajstić information content (AvgIpc) is 2.87. The number of ether oxygens (including phenoxy) is 1. The molecule has 0 fully saturated rings. The Balaban J connectivity index is 2.12. The highest BCUT2D eigenvalue weighted by Gasteiger charge is 2.47. The molecular formula is C16H14BrNO2. The largest absolute Gasteiger partial charge is 0.468 e. The quantitative estimate of drug-likeness (QED) is 0.794. The summed E-state index contributed by atoms with van der Waals surface area (Å²) in [6.45, 7) is 0. The Morgan fingerprint density at radius 3 is 2.45 bits per heavy atom. The zero-order chi connectivity index (χ0) is 14.2. The second-order valence-electron chi connectivity index (χ2n) is 5.06. The van der Waals surface area contributed by atoms with Crippen LogP contribution in [0.15, 0.2) is 47.1 Å². The number of aromatic nitrogens is 1. The first kappa shape index (κ1) is 13.3. The van der Waals surface area contributed by atoms with E-state index in [0.29, 0.717) is 12.8 Å². The van der Waals surface area contributed by atoms with Crippen molar-refractivity contribution in [3.8, 4) is 0 Å². The summed E-state index contributed by atoms with van der Waals surface area (Å²) in [4.78, 5) is 16.9. The maximum Gasteiger partial charge on any atom is 0.318 e. The maximum atomic E-state index is 12.4. The number of hydrogen-bond acceptors (Lipinski definition) is 3. The zero-order valence-electron chi connectivity index (χ0n) is 11.1. The molecule has 0 saturated heterocycles. The van der Waals surface area contributed by atoms with Crippen LogP contribution in [-0.2, 0) is 27.8 Å². The molecule has 0 unspecified atom stereocenters. The number of benzene rings is 1. The van der Waals surface area contributed by atoms with Crippen LogP contribution in [0.5, 0.6) is 0 Å². The molecule has 1 aromatic heterocycles. The van der Waals surface area contributed by atoms with Crippen molar-refractivity contribution in [1.82, 2.24) is 4.98 Å². The second kappa shape index (κ2) is 5.02. The number of fused-ring (bicyclic) bond motifs is 1. The molecule has 0 atom stereocenters. The minimum absolute atomic E-state index is 0.223. The van der Waals surface area contributed by atoms with Gasteiger partial charge in [0.1, 0.15) is 5.41 Å². The summed E-state index contributed by atoms with van der Waals surface area (Å²) in [5.74, 6) is -0.223. The third-order valence-electron chi connectivity index (χ3n) is 3.89.